The van der Waals surface area contributed by atoms with Crippen LogP contribution in [-0.2, 0) is 4.79 Å². The maximum absolute atomic E-state index is 11.7. The van der Waals surface area contributed by atoms with Gasteiger partial charge in [0, 0.05) is 5.69 Å². The molecule has 0 aliphatic carbocycles. The van der Waals surface area contributed by atoms with E-state index < -0.39 is 6.10 Å². The van der Waals surface area contributed by atoms with Gasteiger partial charge in [0.05, 0.1) is 12.5 Å². The zero-order valence-corrected chi connectivity index (χ0v) is 11.6. The van der Waals surface area contributed by atoms with E-state index in [1.807, 2.05) is 38.1 Å². The van der Waals surface area contributed by atoms with Crippen LogP contribution in [0.25, 0.3) is 0 Å². The average Bonchev–Trinajstić information content (AvgIpc) is 2.28. The first-order chi connectivity index (χ1) is 8.40. The second-order valence-corrected chi connectivity index (χ2v) is 5.34. The monoisotopic (exact) mass is 249 g/mol. The van der Waals surface area contributed by atoms with Gasteiger partial charge >= 0.3 is 0 Å². The van der Waals surface area contributed by atoms with Crippen LogP contribution in [0.4, 0.5) is 5.69 Å². The molecule has 0 radical (unpaired) electrons. The van der Waals surface area contributed by atoms with Gasteiger partial charge in [-0.1, -0.05) is 39.8 Å². The number of aliphatic hydroxyl groups is 1. The molecule has 1 unspecified atom stereocenters. The molecule has 0 saturated carbocycles. The fourth-order valence-corrected chi connectivity index (χ4v) is 1.61. The molecule has 1 amide bonds. The number of hydrogen-bond acceptors (Lipinski definition) is 2. The summed E-state index contributed by atoms with van der Waals surface area (Å²) < 4.78 is 0. The largest absolute Gasteiger partial charge is 0.392 e. The van der Waals surface area contributed by atoms with Crippen LogP contribution < -0.4 is 5.32 Å². The molecule has 0 aliphatic heterocycles. The van der Waals surface area contributed by atoms with Crippen molar-refractivity contribution in [2.75, 3.05) is 5.32 Å². The first-order valence-corrected chi connectivity index (χ1v) is 6.48. The molecule has 1 atom stereocenters. The Kier molecular flexibility index (Phi) is 5.35. The third-order valence-corrected chi connectivity index (χ3v) is 3.00. The van der Waals surface area contributed by atoms with Crippen LogP contribution in [0.3, 0.4) is 0 Å². The first kappa shape index (κ1) is 14.7. The molecule has 3 heteroatoms. The lowest BCUT2D eigenvalue weighted by atomic mass is 10.0. The van der Waals surface area contributed by atoms with Gasteiger partial charge in [0.1, 0.15) is 0 Å². The Balaban J connectivity index is 2.62. The lowest BCUT2D eigenvalue weighted by Crippen LogP contribution is -2.23. The van der Waals surface area contributed by atoms with Crippen molar-refractivity contribution in [1.82, 2.24) is 0 Å². The number of anilines is 1. The Morgan fingerprint density at radius 3 is 2.50 bits per heavy atom. The molecule has 3 nitrogen and oxygen atoms in total. The molecule has 0 heterocycles. The topological polar surface area (TPSA) is 49.3 Å². The van der Waals surface area contributed by atoms with Crippen molar-refractivity contribution >= 4 is 11.6 Å². The van der Waals surface area contributed by atoms with E-state index >= 15 is 0 Å². The van der Waals surface area contributed by atoms with Gasteiger partial charge in [-0.05, 0) is 29.5 Å². The van der Waals surface area contributed by atoms with Crippen molar-refractivity contribution in [1.29, 1.82) is 0 Å². The van der Waals surface area contributed by atoms with Gasteiger partial charge in [-0.3, -0.25) is 4.79 Å². The quantitative estimate of drug-likeness (QED) is 0.842. The first-order valence-electron chi connectivity index (χ1n) is 6.48. The highest BCUT2D eigenvalue weighted by Crippen LogP contribution is 2.19. The Labute approximate surface area is 109 Å². The Bertz CT molecular complexity index is 399. The number of rotatable bonds is 5. The third kappa shape index (κ3) is 4.49. The summed E-state index contributed by atoms with van der Waals surface area (Å²) in [6.45, 7) is 8.03. The molecule has 2 N–H and O–H groups in total. The number of nitrogens with one attached hydrogen (secondary N) is 1. The molecule has 0 spiro atoms. The normalized spacial score (nSPS) is 12.8. The number of carbonyl (C=O) groups excluding carboxylic acids is 1. The van der Waals surface area contributed by atoms with E-state index in [-0.39, 0.29) is 18.2 Å². The van der Waals surface area contributed by atoms with E-state index in [1.54, 1.807) is 0 Å². The predicted molar refractivity (Wildman–Crippen MR) is 74.6 cm³/mol. The minimum absolute atomic E-state index is 0.0951. The molecule has 100 valence electrons. The van der Waals surface area contributed by atoms with Gasteiger partial charge in [0.2, 0.25) is 5.91 Å². The number of aliphatic hydroxyl groups excluding tert-OH is 1. The summed E-state index contributed by atoms with van der Waals surface area (Å²) >= 11 is 0. The van der Waals surface area contributed by atoms with Gasteiger partial charge in [-0.2, -0.15) is 0 Å². The summed E-state index contributed by atoms with van der Waals surface area (Å²) in [5.41, 5.74) is 1.99. The Morgan fingerprint density at radius 2 is 1.94 bits per heavy atom. The van der Waals surface area contributed by atoms with Crippen molar-refractivity contribution in [3.63, 3.8) is 0 Å². The summed E-state index contributed by atoms with van der Waals surface area (Å²) in [7, 11) is 0. The van der Waals surface area contributed by atoms with E-state index in [4.69, 9.17) is 0 Å². The molecule has 0 fully saturated rings. The van der Waals surface area contributed by atoms with Crippen LogP contribution in [0.2, 0.25) is 0 Å². The van der Waals surface area contributed by atoms with Gasteiger partial charge in [0.25, 0.3) is 0 Å². The molecule has 18 heavy (non-hydrogen) atoms. The van der Waals surface area contributed by atoms with Crippen LogP contribution in [0, 0.1) is 5.92 Å². The van der Waals surface area contributed by atoms with Crippen molar-refractivity contribution in [3.05, 3.63) is 29.8 Å². The van der Waals surface area contributed by atoms with Crippen molar-refractivity contribution < 1.29 is 9.90 Å². The van der Waals surface area contributed by atoms with Crippen LogP contribution in [0.15, 0.2) is 24.3 Å². The van der Waals surface area contributed by atoms with Crippen LogP contribution in [0.5, 0.6) is 0 Å². The summed E-state index contributed by atoms with van der Waals surface area (Å²) in [5.74, 6) is 0.387. The number of amides is 1. The zero-order valence-electron chi connectivity index (χ0n) is 11.6. The maximum Gasteiger partial charge on any atom is 0.226 e. The number of carbonyl (C=O) groups is 1. The van der Waals surface area contributed by atoms with Crippen molar-refractivity contribution in [2.24, 2.45) is 5.92 Å². The van der Waals surface area contributed by atoms with Crippen molar-refractivity contribution in [3.8, 4) is 0 Å². The second kappa shape index (κ2) is 6.55. The van der Waals surface area contributed by atoms with Crippen LogP contribution in [-0.4, -0.2) is 17.1 Å². The minimum atomic E-state index is -0.585. The molecule has 0 aliphatic rings. The SMILES string of the molecule is CC(C)c1cccc(NC(=O)CC(O)C(C)C)c1. The summed E-state index contributed by atoms with van der Waals surface area (Å²) in [6.07, 6.45) is -0.442. The molecule has 1 rings (SSSR count). The minimum Gasteiger partial charge on any atom is -0.392 e. The average molecular weight is 249 g/mol. The summed E-state index contributed by atoms with van der Waals surface area (Å²) in [6, 6.07) is 7.82. The van der Waals surface area contributed by atoms with Crippen LogP contribution >= 0.6 is 0 Å². The van der Waals surface area contributed by atoms with Gasteiger partial charge in [-0.15, -0.1) is 0 Å². The van der Waals surface area contributed by atoms with E-state index in [0.717, 1.165) is 5.69 Å². The molecule has 0 bridgehead atoms. The fraction of sp³-hybridized carbons (Fsp3) is 0.533. The number of hydrogen-bond donors (Lipinski definition) is 2. The lowest BCUT2D eigenvalue weighted by molar-refractivity contribution is -0.118. The summed E-state index contributed by atoms with van der Waals surface area (Å²) in [5, 5.41) is 12.5. The predicted octanol–water partition coefficient (Wildman–Crippen LogP) is 3.16. The molecular formula is C15H23NO2. The highest BCUT2D eigenvalue weighted by Gasteiger charge is 2.14. The number of benzene rings is 1. The third-order valence-electron chi connectivity index (χ3n) is 3.00. The zero-order chi connectivity index (χ0) is 13.7. The highest BCUT2D eigenvalue weighted by molar-refractivity contribution is 5.91. The van der Waals surface area contributed by atoms with E-state index in [9.17, 15) is 9.90 Å². The van der Waals surface area contributed by atoms with Crippen molar-refractivity contribution in [2.45, 2.75) is 46.1 Å². The Hall–Kier alpha value is -1.35. The van der Waals surface area contributed by atoms with Crippen LogP contribution in [0.1, 0.15) is 45.6 Å². The van der Waals surface area contributed by atoms with Gasteiger partial charge < -0.3 is 10.4 Å². The van der Waals surface area contributed by atoms with Gasteiger partial charge in [-0.25, -0.2) is 0 Å². The van der Waals surface area contributed by atoms with E-state index in [2.05, 4.69) is 19.2 Å². The summed E-state index contributed by atoms with van der Waals surface area (Å²) in [4.78, 5) is 11.7. The molecule has 0 aromatic heterocycles. The van der Waals surface area contributed by atoms with E-state index in [1.165, 1.54) is 5.56 Å². The standard InChI is InChI=1S/C15H23NO2/c1-10(2)12-6-5-7-13(8-12)16-15(18)9-14(17)11(3)4/h5-8,10-11,14,17H,9H2,1-4H3,(H,16,18). The smallest absolute Gasteiger partial charge is 0.226 e. The molecule has 1 aromatic rings. The lowest BCUT2D eigenvalue weighted by Gasteiger charge is -2.14. The molecule has 1 aromatic carbocycles. The fourth-order valence-electron chi connectivity index (χ4n) is 1.61. The van der Waals surface area contributed by atoms with Gasteiger partial charge in [0.15, 0.2) is 0 Å². The molecular weight excluding hydrogens is 226 g/mol. The highest BCUT2D eigenvalue weighted by atomic mass is 16.3. The second-order valence-electron chi connectivity index (χ2n) is 5.34. The maximum atomic E-state index is 11.7. The molecule has 0 saturated heterocycles. The van der Waals surface area contributed by atoms with E-state index in [0.29, 0.717) is 5.92 Å². The Morgan fingerprint density at radius 1 is 1.28 bits per heavy atom.